The van der Waals surface area contributed by atoms with E-state index in [4.69, 9.17) is 0 Å². The maximum Gasteiger partial charge on any atom is 0.237 e. The minimum atomic E-state index is -3.26. The van der Waals surface area contributed by atoms with Crippen LogP contribution in [0.15, 0.2) is 0 Å². The molecule has 15 heavy (non-hydrogen) atoms. The lowest BCUT2D eigenvalue weighted by atomic mass is 10.4. The summed E-state index contributed by atoms with van der Waals surface area (Å²) in [7, 11) is -1.83. The lowest BCUT2D eigenvalue weighted by Gasteiger charge is -2.22. The minimum Gasteiger partial charge on any atom is -0.342 e. The number of hydrogen-bond acceptors (Lipinski definition) is 3. The minimum absolute atomic E-state index is 0.0228. The zero-order chi connectivity index (χ0) is 12.1. The second-order valence-corrected chi connectivity index (χ2v) is 5.59. The third-order valence-corrected chi connectivity index (χ3v) is 4.12. The Morgan fingerprint density at radius 3 is 1.93 bits per heavy atom. The van der Waals surface area contributed by atoms with Gasteiger partial charge >= 0.3 is 0 Å². The number of carbonyl (C=O) groups is 1. The summed E-state index contributed by atoms with van der Waals surface area (Å²) in [5, 5.41) is 0. The fourth-order valence-electron chi connectivity index (χ4n) is 1.19. The summed E-state index contributed by atoms with van der Waals surface area (Å²) >= 11 is 0. The van der Waals surface area contributed by atoms with Crippen LogP contribution in [-0.4, -0.2) is 56.0 Å². The van der Waals surface area contributed by atoms with Crippen molar-refractivity contribution in [3.05, 3.63) is 0 Å². The molecule has 0 unspecified atom stereocenters. The van der Waals surface area contributed by atoms with E-state index in [9.17, 15) is 13.2 Å². The van der Waals surface area contributed by atoms with Crippen molar-refractivity contribution < 1.29 is 13.2 Å². The van der Waals surface area contributed by atoms with E-state index in [1.54, 1.807) is 11.8 Å². The molecule has 0 aliphatic carbocycles. The van der Waals surface area contributed by atoms with E-state index in [-0.39, 0.29) is 18.2 Å². The Morgan fingerprint density at radius 1 is 1.13 bits per heavy atom. The van der Waals surface area contributed by atoms with E-state index in [0.717, 1.165) is 4.31 Å². The van der Waals surface area contributed by atoms with E-state index < -0.39 is 10.0 Å². The van der Waals surface area contributed by atoms with Crippen LogP contribution in [0, 0.1) is 0 Å². The third-order valence-electron chi connectivity index (χ3n) is 2.31. The molecule has 90 valence electrons. The molecule has 0 aromatic carbocycles. The fraction of sp³-hybridized carbons (Fsp3) is 0.889. The number of hydrogen-bond donors (Lipinski definition) is 0. The number of sulfonamides is 1. The Balaban J connectivity index is 4.42. The summed E-state index contributed by atoms with van der Waals surface area (Å²) in [6, 6.07) is 0. The molecular weight excluding hydrogens is 216 g/mol. The van der Waals surface area contributed by atoms with Crippen molar-refractivity contribution in [2.75, 3.05) is 32.4 Å². The standard InChI is InChI=1S/C9H20N2O3S/c1-5-11(6-2)9(12)8-10(4)15(13,14)7-3/h5-8H2,1-4H3. The molecule has 0 saturated heterocycles. The van der Waals surface area contributed by atoms with Crippen molar-refractivity contribution in [2.45, 2.75) is 20.8 Å². The molecule has 0 heterocycles. The average molecular weight is 236 g/mol. The van der Waals surface area contributed by atoms with Crippen molar-refractivity contribution in [1.29, 1.82) is 0 Å². The molecular formula is C9H20N2O3S. The van der Waals surface area contributed by atoms with Gasteiger partial charge in [0.2, 0.25) is 15.9 Å². The first-order valence-corrected chi connectivity index (χ1v) is 6.71. The molecule has 0 aliphatic heterocycles. The SMILES string of the molecule is CCN(CC)C(=O)CN(C)S(=O)(=O)CC. The zero-order valence-electron chi connectivity index (χ0n) is 9.86. The van der Waals surface area contributed by atoms with Crippen molar-refractivity contribution >= 4 is 15.9 Å². The molecule has 0 spiro atoms. The van der Waals surface area contributed by atoms with Crippen LogP contribution >= 0.6 is 0 Å². The lowest BCUT2D eigenvalue weighted by molar-refractivity contribution is -0.130. The van der Waals surface area contributed by atoms with Crippen LogP contribution in [0.2, 0.25) is 0 Å². The molecule has 5 nitrogen and oxygen atoms in total. The number of likely N-dealkylation sites (N-methyl/N-ethyl adjacent to an activating group) is 2. The van der Waals surface area contributed by atoms with E-state index in [0.29, 0.717) is 13.1 Å². The van der Waals surface area contributed by atoms with Crippen molar-refractivity contribution in [1.82, 2.24) is 9.21 Å². The molecule has 0 fully saturated rings. The summed E-state index contributed by atoms with van der Waals surface area (Å²) in [6.45, 7) is 6.45. The molecule has 1 amide bonds. The summed E-state index contributed by atoms with van der Waals surface area (Å²) in [4.78, 5) is 13.2. The van der Waals surface area contributed by atoms with Gasteiger partial charge in [-0.25, -0.2) is 8.42 Å². The van der Waals surface area contributed by atoms with E-state index in [2.05, 4.69) is 0 Å². The number of rotatable bonds is 6. The quantitative estimate of drug-likeness (QED) is 0.659. The van der Waals surface area contributed by atoms with Crippen molar-refractivity contribution in [3.8, 4) is 0 Å². The highest BCUT2D eigenvalue weighted by Gasteiger charge is 2.20. The second kappa shape index (κ2) is 6.07. The molecule has 0 saturated carbocycles. The highest BCUT2D eigenvalue weighted by atomic mass is 32.2. The molecule has 6 heteroatoms. The first kappa shape index (κ1) is 14.4. The molecule has 0 aromatic rings. The molecule has 0 radical (unpaired) electrons. The van der Waals surface area contributed by atoms with E-state index >= 15 is 0 Å². The van der Waals surface area contributed by atoms with Gasteiger partial charge in [0.1, 0.15) is 0 Å². The van der Waals surface area contributed by atoms with Crippen LogP contribution in [0.3, 0.4) is 0 Å². The maximum absolute atomic E-state index is 11.6. The van der Waals surface area contributed by atoms with Gasteiger partial charge in [0.25, 0.3) is 0 Å². The first-order chi connectivity index (χ1) is 6.88. The highest BCUT2D eigenvalue weighted by molar-refractivity contribution is 7.89. The van der Waals surface area contributed by atoms with E-state index in [1.807, 2.05) is 13.8 Å². The zero-order valence-corrected chi connectivity index (χ0v) is 10.7. The van der Waals surface area contributed by atoms with Gasteiger partial charge in [-0.15, -0.1) is 0 Å². The summed E-state index contributed by atoms with van der Waals surface area (Å²) in [5.74, 6) is -0.130. The average Bonchev–Trinajstić information content (AvgIpc) is 2.19. The van der Waals surface area contributed by atoms with Gasteiger partial charge in [-0.2, -0.15) is 4.31 Å². The largest absolute Gasteiger partial charge is 0.342 e. The highest BCUT2D eigenvalue weighted by Crippen LogP contribution is 1.99. The van der Waals surface area contributed by atoms with Crippen LogP contribution in [0.1, 0.15) is 20.8 Å². The van der Waals surface area contributed by atoms with Gasteiger partial charge in [0, 0.05) is 20.1 Å². The number of nitrogens with zero attached hydrogens (tertiary/aromatic N) is 2. The summed E-state index contributed by atoms with van der Waals surface area (Å²) in [5.41, 5.74) is 0. The fourth-order valence-corrected chi connectivity index (χ4v) is 1.93. The van der Waals surface area contributed by atoms with Gasteiger partial charge in [0.15, 0.2) is 0 Å². The topological polar surface area (TPSA) is 57.7 Å². The van der Waals surface area contributed by atoms with Crippen LogP contribution in [0.4, 0.5) is 0 Å². The van der Waals surface area contributed by atoms with Crippen LogP contribution in [0.25, 0.3) is 0 Å². The number of carbonyl (C=O) groups excluding carboxylic acids is 1. The Hall–Kier alpha value is -0.620. The summed E-state index contributed by atoms with van der Waals surface area (Å²) < 4.78 is 23.9. The first-order valence-electron chi connectivity index (χ1n) is 5.10. The molecule has 0 rings (SSSR count). The Labute approximate surface area is 92.1 Å². The molecule has 0 bridgehead atoms. The smallest absolute Gasteiger partial charge is 0.237 e. The van der Waals surface area contributed by atoms with Crippen molar-refractivity contribution in [2.24, 2.45) is 0 Å². The van der Waals surface area contributed by atoms with E-state index in [1.165, 1.54) is 7.05 Å². The molecule has 0 atom stereocenters. The number of amides is 1. The lowest BCUT2D eigenvalue weighted by Crippen LogP contribution is -2.41. The van der Waals surface area contributed by atoms with Crippen LogP contribution in [-0.2, 0) is 14.8 Å². The van der Waals surface area contributed by atoms with Gasteiger partial charge in [-0.1, -0.05) is 0 Å². The molecule has 0 N–H and O–H groups in total. The van der Waals surface area contributed by atoms with Gasteiger partial charge < -0.3 is 4.90 Å². The second-order valence-electron chi connectivity index (χ2n) is 3.22. The monoisotopic (exact) mass is 236 g/mol. The van der Waals surface area contributed by atoms with Crippen LogP contribution in [0.5, 0.6) is 0 Å². The predicted molar refractivity (Wildman–Crippen MR) is 60.0 cm³/mol. The van der Waals surface area contributed by atoms with Crippen molar-refractivity contribution in [3.63, 3.8) is 0 Å². The normalized spacial score (nSPS) is 11.8. The molecule has 0 aliphatic rings. The van der Waals surface area contributed by atoms with Crippen LogP contribution < -0.4 is 0 Å². The Bertz CT molecular complexity index is 296. The predicted octanol–water partition coefficient (Wildman–Crippen LogP) is 0.136. The summed E-state index contributed by atoms with van der Waals surface area (Å²) in [6.07, 6.45) is 0. The van der Waals surface area contributed by atoms with Gasteiger partial charge in [-0.05, 0) is 20.8 Å². The van der Waals surface area contributed by atoms with Gasteiger partial charge in [0.05, 0.1) is 12.3 Å². The Kier molecular flexibility index (Phi) is 5.82. The molecule has 0 aromatic heterocycles. The third kappa shape index (κ3) is 4.17. The van der Waals surface area contributed by atoms with Gasteiger partial charge in [-0.3, -0.25) is 4.79 Å². The maximum atomic E-state index is 11.6. The Morgan fingerprint density at radius 2 is 1.60 bits per heavy atom.